The number of amides is 1. The van der Waals surface area contributed by atoms with Gasteiger partial charge in [0.05, 0.1) is 4.92 Å². The second-order valence-electron chi connectivity index (χ2n) is 7.17. The van der Waals surface area contributed by atoms with Crippen molar-refractivity contribution in [2.75, 3.05) is 5.32 Å². The van der Waals surface area contributed by atoms with Crippen LogP contribution in [0.1, 0.15) is 22.5 Å². The van der Waals surface area contributed by atoms with E-state index >= 15 is 0 Å². The molecule has 162 valence electrons. The molecule has 3 rings (SSSR count). The van der Waals surface area contributed by atoms with Gasteiger partial charge in [-0.1, -0.05) is 23.2 Å². The van der Waals surface area contributed by atoms with Gasteiger partial charge < -0.3 is 9.88 Å². The number of halogens is 2. The number of aromatic nitrogens is 1. The van der Waals surface area contributed by atoms with Crippen LogP contribution in [0, 0.1) is 42.2 Å². The smallest absolute Gasteiger partial charge is 0.269 e. The number of nitro groups is 1. The third-order valence-electron chi connectivity index (χ3n) is 4.91. The van der Waals surface area contributed by atoms with Gasteiger partial charge in [0, 0.05) is 44.9 Å². The van der Waals surface area contributed by atoms with E-state index in [2.05, 4.69) is 5.32 Å². The number of rotatable bonds is 5. The molecule has 1 heterocycles. The van der Waals surface area contributed by atoms with Crippen LogP contribution in [-0.2, 0) is 4.79 Å². The minimum atomic E-state index is -0.611. The summed E-state index contributed by atoms with van der Waals surface area (Å²) in [7, 11) is 0. The number of hydrogen-bond acceptors (Lipinski definition) is 4. The molecule has 0 aliphatic heterocycles. The Kier molecular flexibility index (Phi) is 6.68. The first-order valence-corrected chi connectivity index (χ1v) is 10.2. The summed E-state index contributed by atoms with van der Waals surface area (Å²) in [5, 5.41) is 24.1. The molecule has 3 aromatic rings. The molecule has 1 aromatic heterocycles. The van der Waals surface area contributed by atoms with E-state index < -0.39 is 10.8 Å². The van der Waals surface area contributed by atoms with Crippen molar-refractivity contribution in [1.82, 2.24) is 4.57 Å². The lowest BCUT2D eigenvalue weighted by atomic mass is 10.1. The van der Waals surface area contributed by atoms with Crippen LogP contribution in [0.5, 0.6) is 0 Å². The Labute approximate surface area is 194 Å². The maximum Gasteiger partial charge on any atom is 0.269 e. The third kappa shape index (κ3) is 4.83. The molecule has 9 heteroatoms. The van der Waals surface area contributed by atoms with Gasteiger partial charge in [-0.25, -0.2) is 0 Å². The second-order valence-corrected chi connectivity index (χ2v) is 8.04. The summed E-state index contributed by atoms with van der Waals surface area (Å²) in [5.74, 6) is -0.611. The Morgan fingerprint density at radius 3 is 2.34 bits per heavy atom. The fourth-order valence-electron chi connectivity index (χ4n) is 3.39. The van der Waals surface area contributed by atoms with Gasteiger partial charge in [0.15, 0.2) is 0 Å². The van der Waals surface area contributed by atoms with Crippen molar-refractivity contribution in [2.24, 2.45) is 0 Å². The van der Waals surface area contributed by atoms with E-state index in [0.29, 0.717) is 26.9 Å². The van der Waals surface area contributed by atoms with E-state index in [1.165, 1.54) is 24.3 Å². The van der Waals surface area contributed by atoms with Gasteiger partial charge >= 0.3 is 0 Å². The quantitative estimate of drug-likeness (QED) is 0.209. The maximum atomic E-state index is 12.7. The Bertz CT molecular complexity index is 1300. The first-order chi connectivity index (χ1) is 15.1. The predicted molar refractivity (Wildman–Crippen MR) is 125 cm³/mol. The van der Waals surface area contributed by atoms with Crippen LogP contribution in [0.3, 0.4) is 0 Å². The molecule has 0 spiro atoms. The number of anilines is 1. The molecule has 7 nitrogen and oxygen atoms in total. The van der Waals surface area contributed by atoms with Crippen molar-refractivity contribution in [3.8, 4) is 11.8 Å². The van der Waals surface area contributed by atoms with Gasteiger partial charge in [0.1, 0.15) is 11.6 Å². The number of carbonyl (C=O) groups is 1. The number of nitriles is 1. The number of carbonyl (C=O) groups excluding carboxylic acids is 1. The lowest BCUT2D eigenvalue weighted by Crippen LogP contribution is -2.14. The van der Waals surface area contributed by atoms with E-state index in [0.717, 1.165) is 17.1 Å². The average molecular weight is 469 g/mol. The molecule has 0 radical (unpaired) electrons. The summed E-state index contributed by atoms with van der Waals surface area (Å²) in [4.78, 5) is 23.1. The standard InChI is InChI=1S/C23H18Cl2N4O3/c1-13-6-20(29(31)32)4-5-22(13)27-23(30)17(12-26)8-16-7-14(2)28(15(16)3)21-10-18(24)9-19(25)11-21/h4-11H,1-3H3,(H,27,30)/b17-8-. The van der Waals surface area contributed by atoms with Gasteiger partial charge in [-0.15, -0.1) is 0 Å². The molecule has 1 N–H and O–H groups in total. The Hall–Kier alpha value is -3.60. The fraction of sp³-hybridized carbons (Fsp3) is 0.130. The molecule has 2 aromatic carbocycles. The van der Waals surface area contributed by atoms with Crippen molar-refractivity contribution < 1.29 is 9.72 Å². The van der Waals surface area contributed by atoms with Gasteiger partial charge in [0.25, 0.3) is 11.6 Å². The van der Waals surface area contributed by atoms with Crippen LogP contribution in [-0.4, -0.2) is 15.4 Å². The van der Waals surface area contributed by atoms with Crippen molar-refractivity contribution in [3.63, 3.8) is 0 Å². The van der Waals surface area contributed by atoms with Gasteiger partial charge in [-0.05, 0) is 68.3 Å². The molecule has 0 atom stereocenters. The summed E-state index contributed by atoms with van der Waals surface area (Å²) in [6, 6.07) is 13.1. The van der Waals surface area contributed by atoms with Crippen molar-refractivity contribution in [2.45, 2.75) is 20.8 Å². The number of nitrogens with zero attached hydrogens (tertiary/aromatic N) is 3. The van der Waals surface area contributed by atoms with Crippen molar-refractivity contribution in [3.05, 3.63) is 90.7 Å². The molecule has 0 saturated carbocycles. The third-order valence-corrected chi connectivity index (χ3v) is 5.35. The van der Waals surface area contributed by atoms with Crippen molar-refractivity contribution >= 4 is 46.6 Å². The van der Waals surface area contributed by atoms with E-state index in [1.807, 2.05) is 30.6 Å². The minimum absolute atomic E-state index is 0.0786. The molecule has 0 fully saturated rings. The second kappa shape index (κ2) is 9.27. The first kappa shape index (κ1) is 23.1. The number of hydrogen-bond donors (Lipinski definition) is 1. The van der Waals surface area contributed by atoms with Gasteiger partial charge in [-0.2, -0.15) is 5.26 Å². The Balaban J connectivity index is 1.94. The first-order valence-electron chi connectivity index (χ1n) is 9.44. The zero-order chi connectivity index (χ0) is 23.6. The van der Waals surface area contributed by atoms with E-state index in [1.54, 1.807) is 25.1 Å². The predicted octanol–water partition coefficient (Wildman–Crippen LogP) is 6.16. The van der Waals surface area contributed by atoms with Gasteiger partial charge in [0.2, 0.25) is 0 Å². The van der Waals surface area contributed by atoms with Crippen LogP contribution < -0.4 is 5.32 Å². The number of non-ortho nitro benzene ring substituents is 1. The average Bonchev–Trinajstić information content (AvgIpc) is 2.99. The molecule has 1 amide bonds. The molecule has 0 saturated heterocycles. The zero-order valence-corrected chi connectivity index (χ0v) is 19.0. The van der Waals surface area contributed by atoms with E-state index in [-0.39, 0.29) is 11.3 Å². The highest BCUT2D eigenvalue weighted by atomic mass is 35.5. The molecular weight excluding hydrogens is 451 g/mol. The molecule has 0 unspecified atom stereocenters. The van der Waals surface area contributed by atoms with E-state index in [9.17, 15) is 20.2 Å². The molecule has 0 aliphatic carbocycles. The fourth-order valence-corrected chi connectivity index (χ4v) is 3.91. The highest BCUT2D eigenvalue weighted by molar-refractivity contribution is 6.34. The summed E-state index contributed by atoms with van der Waals surface area (Å²) in [6.45, 7) is 5.40. The van der Waals surface area contributed by atoms with Crippen LogP contribution in [0.2, 0.25) is 10.0 Å². The summed E-state index contributed by atoms with van der Waals surface area (Å²) in [5.41, 5.74) is 3.84. The van der Waals surface area contributed by atoms with Crippen LogP contribution in [0.4, 0.5) is 11.4 Å². The molecule has 32 heavy (non-hydrogen) atoms. The highest BCUT2D eigenvalue weighted by Gasteiger charge is 2.16. The van der Waals surface area contributed by atoms with Crippen LogP contribution in [0.25, 0.3) is 11.8 Å². The Morgan fingerprint density at radius 2 is 1.78 bits per heavy atom. The van der Waals surface area contributed by atoms with Crippen LogP contribution >= 0.6 is 23.2 Å². The normalized spacial score (nSPS) is 11.2. The lowest BCUT2D eigenvalue weighted by molar-refractivity contribution is -0.384. The maximum absolute atomic E-state index is 12.7. The highest BCUT2D eigenvalue weighted by Crippen LogP contribution is 2.28. The molecule has 0 bridgehead atoms. The summed E-state index contributed by atoms with van der Waals surface area (Å²) < 4.78 is 1.93. The van der Waals surface area contributed by atoms with Gasteiger partial charge in [-0.3, -0.25) is 14.9 Å². The number of benzene rings is 2. The number of nitro benzene ring substituents is 1. The topological polar surface area (TPSA) is 101 Å². The number of aryl methyl sites for hydroxylation is 2. The largest absolute Gasteiger partial charge is 0.321 e. The van der Waals surface area contributed by atoms with Crippen LogP contribution in [0.15, 0.2) is 48.0 Å². The summed E-state index contributed by atoms with van der Waals surface area (Å²) in [6.07, 6.45) is 1.50. The summed E-state index contributed by atoms with van der Waals surface area (Å²) >= 11 is 12.3. The molecule has 0 aliphatic rings. The zero-order valence-electron chi connectivity index (χ0n) is 17.4. The SMILES string of the molecule is Cc1cc([N+](=O)[O-])ccc1NC(=O)/C(C#N)=C\c1cc(C)n(-c2cc(Cl)cc(Cl)c2)c1C. The lowest BCUT2D eigenvalue weighted by Gasteiger charge is -2.11. The van der Waals surface area contributed by atoms with E-state index in [4.69, 9.17) is 23.2 Å². The Morgan fingerprint density at radius 1 is 1.12 bits per heavy atom. The minimum Gasteiger partial charge on any atom is -0.321 e. The monoisotopic (exact) mass is 468 g/mol. The molecular formula is C23H18Cl2N4O3. The van der Waals surface area contributed by atoms with Crippen molar-refractivity contribution in [1.29, 1.82) is 5.26 Å². The number of nitrogens with one attached hydrogen (secondary N) is 1.